The molecule has 0 aliphatic carbocycles. The number of hydrogen-bond donors (Lipinski definition) is 1. The van der Waals surface area contributed by atoms with E-state index in [9.17, 15) is 22.4 Å². The van der Waals surface area contributed by atoms with Crippen LogP contribution in [0.5, 0.6) is 0 Å². The highest BCUT2D eigenvalue weighted by Gasteiger charge is 2.40. The first-order chi connectivity index (χ1) is 17.1. The van der Waals surface area contributed by atoms with E-state index in [-0.39, 0.29) is 24.1 Å². The fraction of sp³-hybridized carbons (Fsp3) is 0.250. The smallest absolute Gasteiger partial charge is 0.397 e. The number of halogens is 4. The minimum Gasteiger partial charge on any atom is -0.397 e. The maximum absolute atomic E-state index is 14.5. The number of nitrogens with two attached hydrogens (primary N) is 1. The highest BCUT2D eigenvalue weighted by molar-refractivity contribution is 5.97. The molecule has 2 aromatic carbocycles. The van der Waals surface area contributed by atoms with Gasteiger partial charge in [-0.1, -0.05) is 17.3 Å². The predicted octanol–water partition coefficient (Wildman–Crippen LogP) is 4.24. The zero-order valence-electron chi connectivity index (χ0n) is 19.1. The molecule has 2 N–H and O–H groups in total. The fourth-order valence-corrected chi connectivity index (χ4v) is 4.40. The number of anilines is 2. The van der Waals surface area contributed by atoms with Crippen molar-refractivity contribution in [2.75, 3.05) is 17.2 Å². The van der Waals surface area contributed by atoms with Crippen LogP contribution in [0.15, 0.2) is 55.1 Å². The molecule has 36 heavy (non-hydrogen) atoms. The van der Waals surface area contributed by atoms with Crippen LogP contribution in [0.4, 0.5) is 28.9 Å². The maximum Gasteiger partial charge on any atom is 0.406 e. The number of aromatic nitrogens is 5. The molecule has 1 atom stereocenters. The van der Waals surface area contributed by atoms with Crippen molar-refractivity contribution in [1.29, 1.82) is 0 Å². The number of fused-ring (bicyclic) bond motifs is 1. The van der Waals surface area contributed by atoms with Crippen molar-refractivity contribution < 1.29 is 22.4 Å². The molecule has 0 fully saturated rings. The van der Waals surface area contributed by atoms with Gasteiger partial charge in [-0.05, 0) is 44.0 Å². The van der Waals surface area contributed by atoms with Gasteiger partial charge < -0.3 is 15.2 Å². The van der Waals surface area contributed by atoms with E-state index in [1.807, 2.05) is 13.1 Å². The summed E-state index contributed by atoms with van der Waals surface area (Å²) in [6.07, 6.45) is 0.402. The number of hydrogen-bond acceptors (Lipinski definition) is 5. The Bertz CT molecular complexity index is 1440. The second-order valence-corrected chi connectivity index (χ2v) is 8.61. The highest BCUT2D eigenvalue weighted by atomic mass is 19.4. The first-order valence-electron chi connectivity index (χ1n) is 11.1. The third kappa shape index (κ3) is 4.41. The lowest BCUT2D eigenvalue weighted by molar-refractivity contribution is -0.134. The molecule has 8 nitrogen and oxygen atoms in total. The normalized spacial score (nSPS) is 16.2. The molecule has 0 saturated heterocycles. The first-order valence-corrected chi connectivity index (χ1v) is 11.1. The van der Waals surface area contributed by atoms with E-state index in [1.54, 1.807) is 29.1 Å². The van der Waals surface area contributed by atoms with Gasteiger partial charge in [0, 0.05) is 17.3 Å². The average Bonchev–Trinajstić information content (AvgIpc) is 3.44. The minimum absolute atomic E-state index is 0.0605. The summed E-state index contributed by atoms with van der Waals surface area (Å²) >= 11 is 0. The molecule has 1 amide bonds. The molecular formula is C24H21F4N7O. The van der Waals surface area contributed by atoms with Gasteiger partial charge in [-0.3, -0.25) is 4.79 Å². The van der Waals surface area contributed by atoms with E-state index in [4.69, 9.17) is 5.73 Å². The third-order valence-corrected chi connectivity index (χ3v) is 6.08. The van der Waals surface area contributed by atoms with E-state index in [0.717, 1.165) is 5.69 Å². The van der Waals surface area contributed by atoms with Gasteiger partial charge in [-0.25, -0.2) is 14.1 Å². The molecule has 1 aliphatic heterocycles. The molecule has 0 unspecified atom stereocenters. The van der Waals surface area contributed by atoms with Crippen LogP contribution in [0.1, 0.15) is 23.7 Å². The number of rotatable bonds is 4. The largest absolute Gasteiger partial charge is 0.406 e. The van der Waals surface area contributed by atoms with Gasteiger partial charge in [-0.15, -0.1) is 5.10 Å². The van der Waals surface area contributed by atoms with Crippen LogP contribution in [-0.2, 0) is 11.2 Å². The topological polar surface area (TPSA) is 94.9 Å². The number of amides is 1. The number of nitrogens with zero attached hydrogens (tertiary/aromatic N) is 6. The Morgan fingerprint density at radius 1 is 1.14 bits per heavy atom. The highest BCUT2D eigenvalue weighted by Crippen LogP contribution is 2.35. The summed E-state index contributed by atoms with van der Waals surface area (Å²) in [6.45, 7) is 0.322. The number of imidazole rings is 1. The van der Waals surface area contributed by atoms with Crippen molar-refractivity contribution in [2.24, 2.45) is 0 Å². The Balaban J connectivity index is 1.46. The van der Waals surface area contributed by atoms with Gasteiger partial charge in [0.1, 0.15) is 24.1 Å². The lowest BCUT2D eigenvalue weighted by Gasteiger charge is -2.26. The molecule has 2 aromatic heterocycles. The van der Waals surface area contributed by atoms with Gasteiger partial charge in [-0.2, -0.15) is 13.2 Å². The van der Waals surface area contributed by atoms with Gasteiger partial charge in [0.25, 0.3) is 5.91 Å². The van der Waals surface area contributed by atoms with Crippen molar-refractivity contribution in [1.82, 2.24) is 24.5 Å². The second kappa shape index (κ2) is 8.77. The number of carbonyl (C=O) groups excluding carboxylic acids is 1. The molecule has 5 rings (SSSR count). The van der Waals surface area contributed by atoms with Crippen molar-refractivity contribution in [3.05, 3.63) is 72.2 Å². The van der Waals surface area contributed by atoms with Crippen molar-refractivity contribution in [3.63, 3.8) is 0 Å². The van der Waals surface area contributed by atoms with Gasteiger partial charge in [0.2, 0.25) is 0 Å². The number of alkyl halides is 3. The summed E-state index contributed by atoms with van der Waals surface area (Å²) in [4.78, 5) is 18.1. The van der Waals surface area contributed by atoms with Crippen LogP contribution in [0.2, 0.25) is 0 Å². The Hall–Kier alpha value is -4.22. The fourth-order valence-electron chi connectivity index (χ4n) is 4.40. The first kappa shape index (κ1) is 23.5. The Morgan fingerprint density at radius 2 is 1.94 bits per heavy atom. The van der Waals surface area contributed by atoms with Crippen molar-refractivity contribution >= 4 is 17.3 Å². The van der Waals surface area contributed by atoms with Crippen LogP contribution >= 0.6 is 0 Å². The maximum atomic E-state index is 14.5. The summed E-state index contributed by atoms with van der Waals surface area (Å²) in [5.74, 6) is -1.49. The number of carbonyl (C=O) groups is 1. The van der Waals surface area contributed by atoms with E-state index in [0.29, 0.717) is 27.5 Å². The SMILES string of the molecule is Cc1cn(-c2ccc(-c3cn([C@H]4CCc5c(F)cccc5N(CC(F)(F)F)C4=O)nn3)cc2N)cn1. The van der Waals surface area contributed by atoms with Crippen LogP contribution in [0.25, 0.3) is 16.9 Å². The third-order valence-electron chi connectivity index (χ3n) is 6.08. The van der Waals surface area contributed by atoms with Gasteiger partial charge in [0.15, 0.2) is 0 Å². The molecule has 4 aromatic rings. The van der Waals surface area contributed by atoms with Crippen molar-refractivity contribution in [3.8, 4) is 16.9 Å². The molecule has 3 heterocycles. The summed E-state index contributed by atoms with van der Waals surface area (Å²) in [5, 5.41) is 8.14. The monoisotopic (exact) mass is 499 g/mol. The zero-order valence-corrected chi connectivity index (χ0v) is 19.1. The minimum atomic E-state index is -4.67. The molecule has 1 aliphatic rings. The predicted molar refractivity (Wildman–Crippen MR) is 124 cm³/mol. The van der Waals surface area contributed by atoms with Crippen LogP contribution in [0, 0.1) is 12.7 Å². The average molecular weight is 499 g/mol. The molecule has 186 valence electrons. The van der Waals surface area contributed by atoms with Crippen LogP contribution in [-0.4, -0.2) is 43.2 Å². The number of nitrogen functional groups attached to an aromatic ring is 1. The Kier molecular flexibility index (Phi) is 5.73. The number of benzene rings is 2. The molecule has 0 bridgehead atoms. The Morgan fingerprint density at radius 3 is 2.64 bits per heavy atom. The summed E-state index contributed by atoms with van der Waals surface area (Å²) < 4.78 is 57.5. The molecule has 0 saturated carbocycles. The molecular weight excluding hydrogens is 478 g/mol. The summed E-state index contributed by atoms with van der Waals surface area (Å²) in [6, 6.07) is 7.93. The van der Waals surface area contributed by atoms with E-state index in [2.05, 4.69) is 15.3 Å². The van der Waals surface area contributed by atoms with E-state index in [1.165, 1.54) is 29.1 Å². The lowest BCUT2D eigenvalue weighted by Crippen LogP contribution is -2.42. The quantitative estimate of drug-likeness (QED) is 0.335. The van der Waals surface area contributed by atoms with Crippen molar-refractivity contribution in [2.45, 2.75) is 32.0 Å². The summed E-state index contributed by atoms with van der Waals surface area (Å²) in [7, 11) is 0. The van der Waals surface area contributed by atoms with Crippen LogP contribution < -0.4 is 10.6 Å². The summed E-state index contributed by atoms with van der Waals surface area (Å²) in [5.41, 5.74) is 9.20. The number of aryl methyl sites for hydroxylation is 1. The van der Waals surface area contributed by atoms with Gasteiger partial charge >= 0.3 is 6.18 Å². The van der Waals surface area contributed by atoms with Gasteiger partial charge in [0.05, 0.1) is 35.3 Å². The standard InChI is InChI=1S/C24H21F4N7O/c1-14-10-33(13-30-14)21-7-5-15(9-18(21)29)19-11-35(32-31-19)22-8-6-16-17(25)3-2-4-20(16)34(23(22)36)12-24(26,27)28/h2-5,7,9-11,13,22H,6,8,12,29H2,1H3/t22-/m0/s1. The lowest BCUT2D eigenvalue weighted by atomic mass is 10.1. The van der Waals surface area contributed by atoms with E-state index < -0.39 is 30.5 Å². The molecule has 12 heteroatoms. The second-order valence-electron chi connectivity index (χ2n) is 8.61. The molecule has 0 radical (unpaired) electrons. The van der Waals surface area contributed by atoms with E-state index >= 15 is 0 Å². The molecule has 0 spiro atoms. The zero-order chi connectivity index (χ0) is 25.6. The Labute approximate surface area is 203 Å². The van der Waals surface area contributed by atoms with Crippen LogP contribution in [0.3, 0.4) is 0 Å².